The summed E-state index contributed by atoms with van der Waals surface area (Å²) in [6.07, 6.45) is 1.15. The molecule has 0 atom stereocenters. The van der Waals surface area contributed by atoms with Crippen LogP contribution in [0.1, 0.15) is 28.9 Å². The Kier molecular flexibility index (Phi) is 3.73. The van der Waals surface area contributed by atoms with E-state index >= 15 is 0 Å². The number of halogens is 1. The lowest BCUT2D eigenvalue weighted by atomic mass is 9.86. The number of fused-ring (bicyclic) bond motifs is 1. The molecular formula is C18H15BrN4O2. The van der Waals surface area contributed by atoms with E-state index in [-0.39, 0.29) is 5.78 Å². The lowest BCUT2D eigenvalue weighted by molar-refractivity contribution is 0.0453. The molecule has 1 saturated heterocycles. The highest BCUT2D eigenvalue weighted by molar-refractivity contribution is 9.10. The van der Waals surface area contributed by atoms with Crippen LogP contribution >= 0.6 is 15.9 Å². The van der Waals surface area contributed by atoms with Gasteiger partial charge in [0.05, 0.1) is 10.0 Å². The first-order chi connectivity index (χ1) is 12.0. The lowest BCUT2D eigenvalue weighted by Crippen LogP contribution is -2.51. The summed E-state index contributed by atoms with van der Waals surface area (Å²) in [6, 6.07) is 7.41. The molecule has 1 fully saturated rings. The molecule has 126 valence electrons. The smallest absolute Gasteiger partial charge is 0.322 e. The Morgan fingerprint density at radius 2 is 2.00 bits per heavy atom. The maximum Gasteiger partial charge on any atom is 0.322 e. The number of rotatable bonds is 1. The number of para-hydroxylation sites is 1. The molecule has 6 nitrogen and oxygen atoms in total. The number of anilines is 1. The van der Waals surface area contributed by atoms with Crippen LogP contribution in [-0.2, 0) is 0 Å². The third-order valence-electron chi connectivity index (χ3n) is 4.80. The average molecular weight is 399 g/mol. The van der Waals surface area contributed by atoms with Gasteiger partial charge in [-0.25, -0.2) is 0 Å². The molecule has 0 amide bonds. The number of Topliss-reactive ketones (excluding diaryl/α,β-unsaturated/α-hetero) is 1. The molecule has 0 bridgehead atoms. The number of carbonyl (C=O) groups excluding carboxylic acids is 1. The second kappa shape index (κ2) is 5.81. The van der Waals surface area contributed by atoms with Gasteiger partial charge < -0.3 is 14.5 Å². The second-order valence-corrected chi connectivity index (χ2v) is 7.06. The number of aryl methyl sites for hydroxylation is 1. The zero-order valence-corrected chi connectivity index (χ0v) is 15.2. The number of hydrogen-bond acceptors (Lipinski definition) is 5. The van der Waals surface area contributed by atoms with Crippen molar-refractivity contribution >= 4 is 33.5 Å². The summed E-state index contributed by atoms with van der Waals surface area (Å²) in [5.41, 5.74) is 0.631. The molecule has 1 spiro atoms. The standard InChI is InChI=1S/C18H15BrN4O2/c1-11-14(19)16(20-2)22-17(21-11)23-9-7-18(8-10-23)15(24)12-5-3-4-6-13(12)25-18/h3-6H,7-10H2,1H3. The van der Waals surface area contributed by atoms with E-state index in [4.69, 9.17) is 11.3 Å². The van der Waals surface area contributed by atoms with Crippen molar-refractivity contribution < 1.29 is 9.53 Å². The molecule has 1 aromatic heterocycles. The second-order valence-electron chi connectivity index (χ2n) is 6.27. The van der Waals surface area contributed by atoms with E-state index in [2.05, 4.69) is 30.7 Å². The Bertz CT molecular complexity index is 914. The van der Waals surface area contributed by atoms with Gasteiger partial charge in [0.25, 0.3) is 5.82 Å². The third kappa shape index (κ3) is 2.48. The minimum Gasteiger partial charge on any atom is -0.478 e. The van der Waals surface area contributed by atoms with Crippen LogP contribution in [0, 0.1) is 13.5 Å². The molecule has 0 saturated carbocycles. The Morgan fingerprint density at radius 1 is 1.28 bits per heavy atom. The van der Waals surface area contributed by atoms with E-state index in [1.54, 1.807) is 0 Å². The number of ether oxygens (including phenoxy) is 1. The van der Waals surface area contributed by atoms with Crippen LogP contribution in [0.4, 0.5) is 11.8 Å². The van der Waals surface area contributed by atoms with Crippen LogP contribution in [0.2, 0.25) is 0 Å². The van der Waals surface area contributed by atoms with Crippen molar-refractivity contribution in [3.05, 3.63) is 51.4 Å². The van der Waals surface area contributed by atoms with Crippen molar-refractivity contribution in [2.45, 2.75) is 25.4 Å². The zero-order valence-electron chi connectivity index (χ0n) is 13.6. The molecule has 2 aliphatic heterocycles. The minimum atomic E-state index is -0.771. The first-order valence-corrected chi connectivity index (χ1v) is 8.83. The van der Waals surface area contributed by atoms with Crippen LogP contribution in [0.5, 0.6) is 5.75 Å². The molecular weight excluding hydrogens is 384 g/mol. The van der Waals surface area contributed by atoms with Gasteiger partial charge in [-0.1, -0.05) is 39.6 Å². The maximum atomic E-state index is 12.8. The number of carbonyl (C=O) groups is 1. The number of piperidine rings is 1. The molecule has 0 aliphatic carbocycles. The van der Waals surface area contributed by atoms with E-state index in [1.165, 1.54) is 0 Å². The summed E-state index contributed by atoms with van der Waals surface area (Å²) in [4.78, 5) is 27.1. The Hall–Kier alpha value is -2.46. The molecule has 0 unspecified atom stereocenters. The van der Waals surface area contributed by atoms with Gasteiger partial charge in [-0.05, 0) is 19.1 Å². The number of ketones is 1. The zero-order chi connectivity index (χ0) is 17.6. The van der Waals surface area contributed by atoms with Crippen LogP contribution in [0.15, 0.2) is 28.7 Å². The molecule has 25 heavy (non-hydrogen) atoms. The van der Waals surface area contributed by atoms with Gasteiger partial charge in [0.15, 0.2) is 5.60 Å². The van der Waals surface area contributed by atoms with Crippen LogP contribution in [0.3, 0.4) is 0 Å². The first-order valence-electron chi connectivity index (χ1n) is 8.03. The van der Waals surface area contributed by atoms with Gasteiger partial charge in [0.1, 0.15) is 5.75 Å². The average Bonchev–Trinajstić information content (AvgIpc) is 2.90. The molecule has 2 aliphatic rings. The lowest BCUT2D eigenvalue weighted by Gasteiger charge is -2.36. The summed E-state index contributed by atoms with van der Waals surface area (Å²) in [5.74, 6) is 1.58. The number of hydrogen-bond donors (Lipinski definition) is 0. The fraction of sp³-hybridized carbons (Fsp3) is 0.333. The normalized spacial score (nSPS) is 18.0. The molecule has 1 aromatic carbocycles. The molecule has 4 rings (SSSR count). The van der Waals surface area contributed by atoms with Gasteiger partial charge in [-0.3, -0.25) is 4.79 Å². The van der Waals surface area contributed by atoms with Crippen LogP contribution < -0.4 is 9.64 Å². The largest absolute Gasteiger partial charge is 0.478 e. The number of aromatic nitrogens is 2. The summed E-state index contributed by atoms with van der Waals surface area (Å²) < 4.78 is 6.68. The molecule has 3 heterocycles. The van der Waals surface area contributed by atoms with E-state index in [0.717, 1.165) is 5.69 Å². The van der Waals surface area contributed by atoms with Crippen molar-refractivity contribution in [3.63, 3.8) is 0 Å². The van der Waals surface area contributed by atoms with Crippen LogP contribution in [0.25, 0.3) is 4.85 Å². The summed E-state index contributed by atoms with van der Waals surface area (Å²) in [7, 11) is 0. The van der Waals surface area contributed by atoms with Crippen molar-refractivity contribution in [1.29, 1.82) is 0 Å². The van der Waals surface area contributed by atoms with Crippen molar-refractivity contribution in [1.82, 2.24) is 9.97 Å². The van der Waals surface area contributed by atoms with Gasteiger partial charge >= 0.3 is 5.95 Å². The fourth-order valence-corrected chi connectivity index (χ4v) is 3.65. The highest BCUT2D eigenvalue weighted by Gasteiger charge is 2.50. The summed E-state index contributed by atoms with van der Waals surface area (Å²) in [5, 5.41) is 0. The van der Waals surface area contributed by atoms with E-state index in [1.807, 2.05) is 36.1 Å². The fourth-order valence-electron chi connectivity index (χ4n) is 3.39. The van der Waals surface area contributed by atoms with Gasteiger partial charge in [-0.15, -0.1) is 0 Å². The predicted molar refractivity (Wildman–Crippen MR) is 96.3 cm³/mol. The van der Waals surface area contributed by atoms with Crippen LogP contribution in [-0.4, -0.2) is 34.4 Å². The highest BCUT2D eigenvalue weighted by atomic mass is 79.9. The molecule has 0 radical (unpaired) electrons. The topological polar surface area (TPSA) is 59.7 Å². The Labute approximate surface area is 153 Å². The Morgan fingerprint density at radius 3 is 2.68 bits per heavy atom. The molecule has 2 aromatic rings. The summed E-state index contributed by atoms with van der Waals surface area (Å²) >= 11 is 3.35. The predicted octanol–water partition coefficient (Wildman–Crippen LogP) is 3.71. The van der Waals surface area contributed by atoms with Crippen molar-refractivity contribution in [2.75, 3.05) is 18.0 Å². The van der Waals surface area contributed by atoms with Crippen molar-refractivity contribution in [3.8, 4) is 5.75 Å². The van der Waals surface area contributed by atoms with Gasteiger partial charge in [0.2, 0.25) is 5.78 Å². The van der Waals surface area contributed by atoms with Crippen molar-refractivity contribution in [2.24, 2.45) is 0 Å². The quantitative estimate of drug-likeness (QED) is 0.685. The number of benzene rings is 1. The monoisotopic (exact) mass is 398 g/mol. The Balaban J connectivity index is 1.56. The minimum absolute atomic E-state index is 0.0671. The highest BCUT2D eigenvalue weighted by Crippen LogP contribution is 2.41. The molecule has 7 heteroatoms. The van der Waals surface area contributed by atoms with E-state index < -0.39 is 5.60 Å². The van der Waals surface area contributed by atoms with E-state index in [0.29, 0.717) is 53.5 Å². The SMILES string of the molecule is [C-]#[N+]c1nc(N2CCC3(CC2)Oc2ccccc2C3=O)nc(C)c1Br. The third-order valence-corrected chi connectivity index (χ3v) is 5.73. The molecule has 0 N–H and O–H groups in total. The van der Waals surface area contributed by atoms with E-state index in [9.17, 15) is 4.79 Å². The summed E-state index contributed by atoms with van der Waals surface area (Å²) in [6.45, 7) is 10.3. The first kappa shape index (κ1) is 16.0. The number of nitrogens with zero attached hydrogens (tertiary/aromatic N) is 4. The van der Waals surface area contributed by atoms with Gasteiger partial charge in [0, 0.05) is 31.6 Å². The maximum absolute atomic E-state index is 12.8. The van der Waals surface area contributed by atoms with Gasteiger partial charge in [-0.2, -0.15) is 4.98 Å².